The number of carbonyl (C=O) groups is 2. The van der Waals surface area contributed by atoms with Crippen LogP contribution >= 0.6 is 0 Å². The highest BCUT2D eigenvalue weighted by molar-refractivity contribution is 6.20. The largest absolute Gasteiger partial charge is 0.285 e. The van der Waals surface area contributed by atoms with Gasteiger partial charge in [0.1, 0.15) is 0 Å². The standard InChI is InChI=1S/C17H23NO3/c1-2-3-4-5-6-7-10-13-21-18-16(19)14-11-8-9-12-15(14)17(18)20/h8-9,11-12H,2-7,10,13H2,1H3. The molecule has 0 radical (unpaired) electrons. The van der Waals surface area contributed by atoms with Crippen molar-refractivity contribution in [2.75, 3.05) is 6.61 Å². The lowest BCUT2D eigenvalue weighted by Crippen LogP contribution is -2.30. The van der Waals surface area contributed by atoms with Gasteiger partial charge in [-0.1, -0.05) is 57.6 Å². The first kappa shape index (κ1) is 15.7. The molecule has 0 spiro atoms. The van der Waals surface area contributed by atoms with Crippen molar-refractivity contribution in [2.24, 2.45) is 0 Å². The second-order valence-corrected chi connectivity index (χ2v) is 5.40. The second kappa shape index (κ2) is 7.93. The molecule has 114 valence electrons. The Hall–Kier alpha value is -1.68. The van der Waals surface area contributed by atoms with E-state index in [-0.39, 0.29) is 11.8 Å². The summed E-state index contributed by atoms with van der Waals surface area (Å²) in [6.07, 6.45) is 8.23. The molecular weight excluding hydrogens is 266 g/mol. The third kappa shape index (κ3) is 3.91. The summed E-state index contributed by atoms with van der Waals surface area (Å²) in [4.78, 5) is 29.4. The minimum Gasteiger partial charge on any atom is -0.266 e. The first-order valence-corrected chi connectivity index (χ1v) is 7.86. The predicted molar refractivity (Wildman–Crippen MR) is 80.9 cm³/mol. The lowest BCUT2D eigenvalue weighted by atomic mass is 10.1. The lowest BCUT2D eigenvalue weighted by molar-refractivity contribution is -0.0922. The number of hydrogen-bond acceptors (Lipinski definition) is 3. The molecule has 0 saturated carbocycles. The van der Waals surface area contributed by atoms with Crippen LogP contribution in [-0.4, -0.2) is 23.5 Å². The van der Waals surface area contributed by atoms with Gasteiger partial charge >= 0.3 is 0 Å². The number of nitrogens with zero attached hydrogens (tertiary/aromatic N) is 1. The molecule has 1 aromatic carbocycles. The van der Waals surface area contributed by atoms with Crippen molar-refractivity contribution in [2.45, 2.75) is 51.9 Å². The molecule has 2 amide bonds. The van der Waals surface area contributed by atoms with Crippen LogP contribution in [0.25, 0.3) is 0 Å². The maximum atomic E-state index is 12.0. The summed E-state index contributed by atoms with van der Waals surface area (Å²) in [6, 6.07) is 6.83. The SMILES string of the molecule is CCCCCCCCCON1C(=O)c2ccccc2C1=O. The first-order valence-electron chi connectivity index (χ1n) is 7.86. The van der Waals surface area contributed by atoms with Gasteiger partial charge in [0.15, 0.2) is 0 Å². The van der Waals surface area contributed by atoms with Crippen LogP contribution in [0.4, 0.5) is 0 Å². The van der Waals surface area contributed by atoms with Crippen molar-refractivity contribution in [3.05, 3.63) is 35.4 Å². The van der Waals surface area contributed by atoms with Gasteiger partial charge in [-0.25, -0.2) is 0 Å². The van der Waals surface area contributed by atoms with E-state index < -0.39 is 0 Å². The molecule has 1 aliphatic heterocycles. The van der Waals surface area contributed by atoms with E-state index in [0.717, 1.165) is 17.9 Å². The molecule has 1 aliphatic rings. The Morgan fingerprint density at radius 3 is 1.95 bits per heavy atom. The number of amides is 2. The zero-order chi connectivity index (χ0) is 15.1. The Bertz CT molecular complexity index is 464. The highest BCUT2D eigenvalue weighted by Gasteiger charge is 2.36. The van der Waals surface area contributed by atoms with Crippen LogP contribution < -0.4 is 0 Å². The molecule has 0 fully saturated rings. The monoisotopic (exact) mass is 289 g/mol. The van der Waals surface area contributed by atoms with Gasteiger partial charge in [-0.05, 0) is 18.6 Å². The number of benzene rings is 1. The number of unbranched alkanes of at least 4 members (excludes halogenated alkanes) is 6. The van der Waals surface area contributed by atoms with Crippen molar-refractivity contribution >= 4 is 11.8 Å². The van der Waals surface area contributed by atoms with Crippen molar-refractivity contribution in [3.63, 3.8) is 0 Å². The average molecular weight is 289 g/mol. The number of imide groups is 1. The lowest BCUT2D eigenvalue weighted by Gasteiger charge is -2.13. The third-order valence-corrected chi connectivity index (χ3v) is 3.73. The van der Waals surface area contributed by atoms with Crippen LogP contribution in [0.3, 0.4) is 0 Å². The highest BCUT2D eigenvalue weighted by atomic mass is 16.7. The van der Waals surface area contributed by atoms with Crippen LogP contribution in [0, 0.1) is 0 Å². The van der Waals surface area contributed by atoms with Gasteiger partial charge in [-0.15, -0.1) is 5.06 Å². The van der Waals surface area contributed by atoms with E-state index in [4.69, 9.17) is 4.84 Å². The Morgan fingerprint density at radius 2 is 1.38 bits per heavy atom. The molecule has 0 N–H and O–H groups in total. The average Bonchev–Trinajstić information content (AvgIpc) is 2.75. The summed E-state index contributed by atoms with van der Waals surface area (Å²) < 4.78 is 0. The fraction of sp³-hybridized carbons (Fsp3) is 0.529. The topological polar surface area (TPSA) is 46.6 Å². The summed E-state index contributed by atoms with van der Waals surface area (Å²) in [7, 11) is 0. The number of rotatable bonds is 9. The molecular formula is C17H23NO3. The molecule has 0 aromatic heterocycles. The van der Waals surface area contributed by atoms with Gasteiger partial charge in [0.25, 0.3) is 11.8 Å². The molecule has 2 rings (SSSR count). The van der Waals surface area contributed by atoms with Crippen molar-refractivity contribution in [1.29, 1.82) is 0 Å². The highest BCUT2D eigenvalue weighted by Crippen LogP contribution is 2.22. The Morgan fingerprint density at radius 1 is 0.857 bits per heavy atom. The molecule has 4 heteroatoms. The molecule has 1 heterocycles. The molecule has 21 heavy (non-hydrogen) atoms. The minimum atomic E-state index is -0.349. The molecule has 0 bridgehead atoms. The predicted octanol–water partition coefficient (Wildman–Crippen LogP) is 3.96. The van der Waals surface area contributed by atoms with Crippen LogP contribution in [0.15, 0.2) is 24.3 Å². The van der Waals surface area contributed by atoms with Gasteiger partial charge in [-0.2, -0.15) is 0 Å². The van der Waals surface area contributed by atoms with Crippen molar-refractivity contribution in [3.8, 4) is 0 Å². The summed E-state index contributed by atoms with van der Waals surface area (Å²) in [6.45, 7) is 2.62. The summed E-state index contributed by atoms with van der Waals surface area (Å²) in [5, 5.41) is 0.905. The Kier molecular flexibility index (Phi) is 5.93. The molecule has 1 aromatic rings. The molecule has 0 unspecified atom stereocenters. The van der Waals surface area contributed by atoms with Crippen LogP contribution in [0.2, 0.25) is 0 Å². The number of hydroxylamine groups is 2. The van der Waals surface area contributed by atoms with Crippen LogP contribution in [-0.2, 0) is 4.84 Å². The number of fused-ring (bicyclic) bond motifs is 1. The quantitative estimate of drug-likeness (QED) is 0.510. The Balaban J connectivity index is 1.69. The van der Waals surface area contributed by atoms with E-state index in [1.165, 1.54) is 32.1 Å². The van der Waals surface area contributed by atoms with E-state index in [9.17, 15) is 9.59 Å². The van der Waals surface area contributed by atoms with Gasteiger partial charge in [0.2, 0.25) is 0 Å². The van der Waals surface area contributed by atoms with Gasteiger partial charge < -0.3 is 0 Å². The van der Waals surface area contributed by atoms with Crippen LogP contribution in [0.1, 0.15) is 72.6 Å². The Labute approximate surface area is 126 Å². The van der Waals surface area contributed by atoms with Gasteiger partial charge in [0.05, 0.1) is 17.7 Å². The molecule has 0 atom stereocenters. The van der Waals surface area contributed by atoms with Crippen molar-refractivity contribution < 1.29 is 14.4 Å². The second-order valence-electron chi connectivity index (χ2n) is 5.40. The summed E-state index contributed by atoms with van der Waals surface area (Å²) in [5.41, 5.74) is 0.865. The summed E-state index contributed by atoms with van der Waals surface area (Å²) in [5.74, 6) is -0.697. The zero-order valence-electron chi connectivity index (χ0n) is 12.6. The summed E-state index contributed by atoms with van der Waals surface area (Å²) >= 11 is 0. The van der Waals surface area contributed by atoms with Gasteiger partial charge in [-0.3, -0.25) is 14.4 Å². The number of carbonyl (C=O) groups excluding carboxylic acids is 2. The smallest absolute Gasteiger partial charge is 0.266 e. The van der Waals surface area contributed by atoms with E-state index in [0.29, 0.717) is 17.7 Å². The fourth-order valence-electron chi connectivity index (χ4n) is 2.50. The van der Waals surface area contributed by atoms with E-state index in [1.807, 2.05) is 0 Å². The number of hydrogen-bond donors (Lipinski definition) is 0. The van der Waals surface area contributed by atoms with Gasteiger partial charge in [0, 0.05) is 0 Å². The molecule has 4 nitrogen and oxygen atoms in total. The minimum absolute atomic E-state index is 0.349. The third-order valence-electron chi connectivity index (χ3n) is 3.73. The van der Waals surface area contributed by atoms with Crippen molar-refractivity contribution in [1.82, 2.24) is 5.06 Å². The normalized spacial score (nSPS) is 13.9. The maximum absolute atomic E-state index is 12.0. The zero-order valence-corrected chi connectivity index (χ0v) is 12.6. The molecule has 0 saturated heterocycles. The fourth-order valence-corrected chi connectivity index (χ4v) is 2.50. The molecule has 0 aliphatic carbocycles. The van der Waals surface area contributed by atoms with E-state index in [2.05, 4.69) is 6.92 Å². The van der Waals surface area contributed by atoms with E-state index in [1.54, 1.807) is 24.3 Å². The van der Waals surface area contributed by atoms with E-state index >= 15 is 0 Å². The first-order chi connectivity index (χ1) is 10.3. The van der Waals surface area contributed by atoms with Crippen LogP contribution in [0.5, 0.6) is 0 Å². The maximum Gasteiger partial charge on any atom is 0.285 e.